The van der Waals surface area contributed by atoms with Gasteiger partial charge in [0.2, 0.25) is 0 Å². The van der Waals surface area contributed by atoms with Crippen molar-refractivity contribution in [2.24, 2.45) is 0 Å². The van der Waals surface area contributed by atoms with Crippen molar-refractivity contribution in [2.45, 2.75) is 11.4 Å². The molecular weight excluding hydrogens is 210 g/mol. The van der Waals surface area contributed by atoms with Crippen LogP contribution in [0.5, 0.6) is 0 Å². The van der Waals surface area contributed by atoms with Gasteiger partial charge in [-0.2, -0.15) is 0 Å². The summed E-state index contributed by atoms with van der Waals surface area (Å²) in [5, 5.41) is 0. The van der Waals surface area contributed by atoms with E-state index < -0.39 is 0 Å². The van der Waals surface area contributed by atoms with E-state index in [4.69, 9.17) is 0 Å². The summed E-state index contributed by atoms with van der Waals surface area (Å²) >= 11 is 1.76. The number of carbonyl (C=O) groups excluding carboxylic acids is 1. The number of methoxy groups -OCH3 is 1. The lowest BCUT2D eigenvalue weighted by atomic mass is 10.1. The van der Waals surface area contributed by atoms with Crippen LogP contribution in [0.2, 0.25) is 0 Å². The van der Waals surface area contributed by atoms with E-state index in [2.05, 4.69) is 16.7 Å². The highest BCUT2D eigenvalue weighted by Crippen LogP contribution is 2.30. The number of thioether (sulfide) groups is 1. The largest absolute Gasteiger partial charge is 0.465 e. The number of hydrogen-bond donors (Lipinski definition) is 0. The molecule has 1 aromatic rings. The summed E-state index contributed by atoms with van der Waals surface area (Å²) in [4.78, 5) is 14.8. The number of fused-ring (bicyclic) bond motifs is 1. The Bertz CT molecular complexity index is 392. The fourth-order valence-corrected chi connectivity index (χ4v) is 2.56. The van der Waals surface area contributed by atoms with E-state index in [0.717, 1.165) is 12.4 Å². The van der Waals surface area contributed by atoms with Gasteiger partial charge in [-0.1, -0.05) is 6.07 Å². The van der Waals surface area contributed by atoms with Gasteiger partial charge in [0.25, 0.3) is 0 Å². The fraction of sp³-hybridized carbons (Fsp3) is 0.364. The molecule has 0 bridgehead atoms. The van der Waals surface area contributed by atoms with E-state index in [1.165, 1.54) is 17.6 Å². The van der Waals surface area contributed by atoms with Crippen LogP contribution in [0.25, 0.3) is 0 Å². The second kappa shape index (κ2) is 4.24. The molecule has 1 aliphatic heterocycles. The summed E-state index contributed by atoms with van der Waals surface area (Å²) in [7, 11) is 3.49. The van der Waals surface area contributed by atoms with Gasteiger partial charge in [0.05, 0.1) is 12.7 Å². The standard InChI is InChI=1S/C11H13NO2S/c1-12-6-9-4-3-8(11(13)14-2)5-10(9)15-7-12/h3-5H,6-7H2,1-2H3. The first kappa shape index (κ1) is 10.5. The summed E-state index contributed by atoms with van der Waals surface area (Å²) in [6.45, 7) is 0.948. The first-order valence-electron chi connectivity index (χ1n) is 4.73. The van der Waals surface area contributed by atoms with E-state index in [1.54, 1.807) is 11.8 Å². The molecule has 0 unspecified atom stereocenters. The lowest BCUT2D eigenvalue weighted by Crippen LogP contribution is -2.21. The van der Waals surface area contributed by atoms with Crippen molar-refractivity contribution in [3.8, 4) is 0 Å². The Morgan fingerprint density at radius 1 is 1.53 bits per heavy atom. The molecule has 0 spiro atoms. The van der Waals surface area contributed by atoms with Gasteiger partial charge in [0.1, 0.15) is 0 Å². The first-order chi connectivity index (χ1) is 7.20. The maximum atomic E-state index is 11.3. The number of esters is 1. The van der Waals surface area contributed by atoms with Crippen LogP contribution in [-0.4, -0.2) is 30.9 Å². The predicted molar refractivity (Wildman–Crippen MR) is 60.0 cm³/mol. The molecule has 0 saturated carbocycles. The number of ether oxygens (including phenoxy) is 1. The van der Waals surface area contributed by atoms with E-state index in [-0.39, 0.29) is 5.97 Å². The molecule has 1 aliphatic rings. The number of hydrogen-bond acceptors (Lipinski definition) is 4. The van der Waals surface area contributed by atoms with Crippen LogP contribution >= 0.6 is 11.8 Å². The second-order valence-corrected chi connectivity index (χ2v) is 4.59. The summed E-state index contributed by atoms with van der Waals surface area (Å²) in [5.41, 5.74) is 1.91. The number of carbonyl (C=O) groups is 1. The van der Waals surface area contributed by atoms with Gasteiger partial charge in [-0.05, 0) is 24.7 Å². The first-order valence-corrected chi connectivity index (χ1v) is 5.72. The zero-order valence-electron chi connectivity index (χ0n) is 8.82. The quantitative estimate of drug-likeness (QED) is 0.681. The number of rotatable bonds is 1. The van der Waals surface area contributed by atoms with Gasteiger partial charge >= 0.3 is 5.97 Å². The molecule has 0 atom stereocenters. The average molecular weight is 223 g/mol. The van der Waals surface area contributed by atoms with Crippen molar-refractivity contribution >= 4 is 17.7 Å². The van der Waals surface area contributed by atoms with Crippen LogP contribution in [0.3, 0.4) is 0 Å². The van der Waals surface area contributed by atoms with Crippen LogP contribution in [0.4, 0.5) is 0 Å². The van der Waals surface area contributed by atoms with Crippen molar-refractivity contribution in [3.63, 3.8) is 0 Å². The second-order valence-electron chi connectivity index (χ2n) is 3.60. The van der Waals surface area contributed by atoms with Gasteiger partial charge in [-0.25, -0.2) is 4.79 Å². The Labute approximate surface area is 93.4 Å². The van der Waals surface area contributed by atoms with Crippen molar-refractivity contribution in [2.75, 3.05) is 20.0 Å². The Kier molecular flexibility index (Phi) is 2.98. The Hall–Kier alpha value is -1.00. The van der Waals surface area contributed by atoms with Crippen molar-refractivity contribution in [1.82, 2.24) is 4.90 Å². The maximum Gasteiger partial charge on any atom is 0.337 e. The molecule has 80 valence electrons. The highest BCUT2D eigenvalue weighted by atomic mass is 32.2. The van der Waals surface area contributed by atoms with Crippen molar-refractivity contribution in [3.05, 3.63) is 29.3 Å². The third kappa shape index (κ3) is 2.16. The molecule has 0 saturated heterocycles. The molecule has 0 aromatic heterocycles. The van der Waals surface area contributed by atoms with E-state index in [1.807, 2.05) is 18.2 Å². The molecule has 0 N–H and O–H groups in total. The zero-order valence-corrected chi connectivity index (χ0v) is 9.63. The van der Waals surface area contributed by atoms with Crippen molar-refractivity contribution in [1.29, 1.82) is 0 Å². The molecule has 1 aromatic carbocycles. The molecule has 2 rings (SSSR count). The molecular formula is C11H13NO2S. The Morgan fingerprint density at radius 2 is 2.33 bits per heavy atom. The molecule has 1 heterocycles. The van der Waals surface area contributed by atoms with Gasteiger partial charge in [-0.3, -0.25) is 4.90 Å². The fourth-order valence-electron chi connectivity index (χ4n) is 1.58. The van der Waals surface area contributed by atoms with Crippen LogP contribution in [0.1, 0.15) is 15.9 Å². The van der Waals surface area contributed by atoms with Crippen molar-refractivity contribution < 1.29 is 9.53 Å². The third-order valence-corrected chi connectivity index (χ3v) is 3.63. The minimum absolute atomic E-state index is 0.266. The summed E-state index contributed by atoms with van der Waals surface area (Å²) in [5.74, 6) is 0.704. The molecule has 0 amide bonds. The summed E-state index contributed by atoms with van der Waals surface area (Å²) < 4.78 is 4.69. The third-order valence-electron chi connectivity index (χ3n) is 2.37. The minimum atomic E-state index is -0.266. The van der Waals surface area contributed by atoms with Crippen LogP contribution < -0.4 is 0 Å². The molecule has 0 radical (unpaired) electrons. The number of benzene rings is 1. The molecule has 0 aliphatic carbocycles. The highest BCUT2D eigenvalue weighted by molar-refractivity contribution is 7.99. The smallest absolute Gasteiger partial charge is 0.337 e. The van der Waals surface area contributed by atoms with Gasteiger partial charge in [0, 0.05) is 17.3 Å². The number of nitrogens with zero attached hydrogens (tertiary/aromatic N) is 1. The zero-order chi connectivity index (χ0) is 10.8. The van der Waals surface area contributed by atoms with Gasteiger partial charge in [-0.15, -0.1) is 11.8 Å². The molecule has 0 fully saturated rings. The highest BCUT2D eigenvalue weighted by Gasteiger charge is 2.15. The summed E-state index contributed by atoms with van der Waals surface area (Å²) in [6.07, 6.45) is 0. The summed E-state index contributed by atoms with van der Waals surface area (Å²) in [6, 6.07) is 5.74. The Morgan fingerprint density at radius 3 is 3.07 bits per heavy atom. The maximum absolute atomic E-state index is 11.3. The lowest BCUT2D eigenvalue weighted by Gasteiger charge is -2.24. The average Bonchev–Trinajstić information content (AvgIpc) is 2.27. The minimum Gasteiger partial charge on any atom is -0.465 e. The Balaban J connectivity index is 2.30. The van der Waals surface area contributed by atoms with Crippen LogP contribution in [0.15, 0.2) is 23.1 Å². The van der Waals surface area contributed by atoms with Crippen LogP contribution in [-0.2, 0) is 11.3 Å². The predicted octanol–water partition coefficient (Wildman–Crippen LogP) is 1.97. The monoisotopic (exact) mass is 223 g/mol. The van der Waals surface area contributed by atoms with Gasteiger partial charge < -0.3 is 4.74 Å². The molecule has 15 heavy (non-hydrogen) atoms. The lowest BCUT2D eigenvalue weighted by molar-refractivity contribution is 0.0600. The van der Waals surface area contributed by atoms with E-state index in [9.17, 15) is 4.79 Å². The van der Waals surface area contributed by atoms with Gasteiger partial charge in [0.15, 0.2) is 0 Å². The SMILES string of the molecule is COC(=O)c1ccc2c(c1)SCN(C)C2. The molecule has 4 heteroatoms. The van der Waals surface area contributed by atoms with E-state index >= 15 is 0 Å². The van der Waals surface area contributed by atoms with Crippen LogP contribution in [0, 0.1) is 0 Å². The normalized spacial score (nSPS) is 15.9. The topological polar surface area (TPSA) is 29.5 Å². The molecule has 3 nitrogen and oxygen atoms in total. The van der Waals surface area contributed by atoms with E-state index in [0.29, 0.717) is 5.56 Å².